The molecule has 1 aliphatic rings. The molecule has 2 aromatic heterocycles. The summed E-state index contributed by atoms with van der Waals surface area (Å²) < 4.78 is 36.1. The second kappa shape index (κ2) is 7.94. The van der Waals surface area contributed by atoms with Gasteiger partial charge in [0.15, 0.2) is 0 Å². The molecule has 2 N–H and O–H groups in total. The van der Waals surface area contributed by atoms with Crippen molar-refractivity contribution < 1.29 is 17.9 Å². The number of hydrogen-bond acceptors (Lipinski definition) is 6. The van der Waals surface area contributed by atoms with Gasteiger partial charge in [-0.05, 0) is 44.5 Å². The molecule has 0 aliphatic carbocycles. The molecule has 3 aromatic rings. The number of fused-ring (bicyclic) bond motifs is 1. The van der Waals surface area contributed by atoms with E-state index < -0.39 is 10.0 Å². The third-order valence-corrected chi connectivity index (χ3v) is 6.57. The molecule has 0 spiro atoms. The minimum atomic E-state index is -4.03. The van der Waals surface area contributed by atoms with Gasteiger partial charge in [0.25, 0.3) is 15.9 Å². The third kappa shape index (κ3) is 4.18. The van der Waals surface area contributed by atoms with Crippen LogP contribution in [0.4, 0.5) is 5.69 Å². The number of aromatic nitrogens is 3. The number of methoxy groups -OCH3 is 1. The smallest absolute Gasteiger partial charge is 0.265 e. The monoisotopic (exact) mass is 455 g/mol. The summed E-state index contributed by atoms with van der Waals surface area (Å²) in [6, 6.07) is 6.44. The van der Waals surface area contributed by atoms with Crippen molar-refractivity contribution in [2.75, 3.05) is 18.4 Å². The number of nitrogens with one attached hydrogen (secondary N) is 2. The van der Waals surface area contributed by atoms with Gasteiger partial charge in [0.05, 0.1) is 42.0 Å². The van der Waals surface area contributed by atoms with Crippen LogP contribution in [0.2, 0.25) is 0 Å². The Hall–Kier alpha value is -3.40. The van der Waals surface area contributed by atoms with E-state index in [-0.39, 0.29) is 27.8 Å². The minimum Gasteiger partial charge on any atom is -0.495 e. The first-order valence-electron chi connectivity index (χ1n) is 10.1. The molecule has 0 bridgehead atoms. The number of anilines is 1. The Balaban J connectivity index is 1.70. The average Bonchev–Trinajstić information content (AvgIpc) is 3.24. The number of pyridine rings is 1. The molecule has 1 amide bonds. The van der Waals surface area contributed by atoms with Crippen LogP contribution in [-0.2, 0) is 22.0 Å². The van der Waals surface area contributed by atoms with E-state index in [1.54, 1.807) is 24.4 Å². The fourth-order valence-electron chi connectivity index (χ4n) is 3.45. The number of benzene rings is 1. The minimum absolute atomic E-state index is 0.0248. The van der Waals surface area contributed by atoms with Gasteiger partial charge in [-0.25, -0.2) is 8.42 Å². The van der Waals surface area contributed by atoms with Gasteiger partial charge in [0, 0.05) is 24.7 Å². The molecule has 168 valence electrons. The summed E-state index contributed by atoms with van der Waals surface area (Å²) in [5.74, 6) is -0.0663. The lowest BCUT2D eigenvalue weighted by Crippen LogP contribution is -2.32. The van der Waals surface area contributed by atoms with Gasteiger partial charge >= 0.3 is 0 Å². The van der Waals surface area contributed by atoms with Crippen LogP contribution >= 0.6 is 0 Å². The van der Waals surface area contributed by atoms with E-state index in [0.29, 0.717) is 29.8 Å². The molecule has 9 nitrogen and oxygen atoms in total. The number of hydrogen-bond donors (Lipinski definition) is 2. The summed E-state index contributed by atoms with van der Waals surface area (Å²) in [6.45, 7) is 6.61. The van der Waals surface area contributed by atoms with Crippen LogP contribution in [0.1, 0.15) is 36.8 Å². The number of sulfonamides is 1. The van der Waals surface area contributed by atoms with E-state index in [1.165, 1.54) is 19.4 Å². The maximum atomic E-state index is 13.2. The molecule has 0 saturated heterocycles. The summed E-state index contributed by atoms with van der Waals surface area (Å²) in [4.78, 5) is 16.3. The molecule has 1 aliphatic heterocycles. The predicted octanol–water partition coefficient (Wildman–Crippen LogP) is 2.80. The summed E-state index contributed by atoms with van der Waals surface area (Å²) in [7, 11) is -2.61. The Bertz CT molecular complexity index is 1290. The second-order valence-electron chi connectivity index (χ2n) is 8.54. The van der Waals surface area contributed by atoms with E-state index >= 15 is 0 Å². The van der Waals surface area contributed by atoms with E-state index in [0.717, 1.165) is 5.56 Å². The normalized spacial score (nSPS) is 13.9. The van der Waals surface area contributed by atoms with Crippen LogP contribution < -0.4 is 14.8 Å². The van der Waals surface area contributed by atoms with Crippen molar-refractivity contribution in [1.82, 2.24) is 20.1 Å². The topological polar surface area (TPSA) is 115 Å². The molecule has 0 atom stereocenters. The highest BCUT2D eigenvalue weighted by Gasteiger charge is 2.24. The molecule has 3 heterocycles. The summed E-state index contributed by atoms with van der Waals surface area (Å²) in [5.41, 5.74) is 2.48. The zero-order valence-corrected chi connectivity index (χ0v) is 19.2. The fourth-order valence-corrected chi connectivity index (χ4v) is 4.68. The summed E-state index contributed by atoms with van der Waals surface area (Å²) >= 11 is 0. The van der Waals surface area contributed by atoms with Gasteiger partial charge in [0.2, 0.25) is 0 Å². The van der Waals surface area contributed by atoms with Gasteiger partial charge in [-0.1, -0.05) is 6.07 Å². The van der Waals surface area contributed by atoms with Crippen molar-refractivity contribution in [3.05, 3.63) is 54.1 Å². The van der Waals surface area contributed by atoms with Crippen LogP contribution in [-0.4, -0.2) is 42.7 Å². The Kier molecular flexibility index (Phi) is 5.41. The zero-order chi connectivity index (χ0) is 23.1. The van der Waals surface area contributed by atoms with Gasteiger partial charge in [-0.3, -0.25) is 19.2 Å². The van der Waals surface area contributed by atoms with Crippen LogP contribution in [0.5, 0.6) is 5.75 Å². The fraction of sp³-hybridized carbons (Fsp3) is 0.318. The molecule has 4 rings (SSSR count). The van der Waals surface area contributed by atoms with E-state index in [1.807, 2.05) is 31.6 Å². The average molecular weight is 456 g/mol. The maximum absolute atomic E-state index is 13.2. The number of nitrogens with zero attached hydrogens (tertiary/aromatic N) is 3. The van der Waals surface area contributed by atoms with Crippen molar-refractivity contribution in [2.24, 2.45) is 0 Å². The highest BCUT2D eigenvalue weighted by Crippen LogP contribution is 2.32. The molecular formula is C22H25N5O4S. The molecule has 1 aromatic carbocycles. The summed E-state index contributed by atoms with van der Waals surface area (Å²) in [5, 5.41) is 7.12. The quantitative estimate of drug-likeness (QED) is 0.611. The van der Waals surface area contributed by atoms with Gasteiger partial charge in [-0.15, -0.1) is 0 Å². The highest BCUT2D eigenvalue weighted by atomic mass is 32.2. The van der Waals surface area contributed by atoms with E-state index in [2.05, 4.69) is 20.1 Å². The highest BCUT2D eigenvalue weighted by molar-refractivity contribution is 7.92. The second-order valence-corrected chi connectivity index (χ2v) is 10.2. The SMILES string of the molecule is COc1ccc(-c2cnn(C(C)(C)C)c2)cc1S(=O)(=O)Nc1cnc2c(c1)C(=O)NCC2. The number of carbonyl (C=O) groups is 1. The number of amides is 1. The van der Waals surface area contributed by atoms with Crippen molar-refractivity contribution in [3.8, 4) is 16.9 Å². The Labute approximate surface area is 186 Å². The molecule has 0 radical (unpaired) electrons. The first kappa shape index (κ1) is 21.8. The Morgan fingerprint density at radius 2 is 1.94 bits per heavy atom. The van der Waals surface area contributed by atoms with E-state index in [4.69, 9.17) is 4.74 Å². The van der Waals surface area contributed by atoms with Crippen molar-refractivity contribution in [2.45, 2.75) is 37.6 Å². The van der Waals surface area contributed by atoms with Gasteiger partial charge in [-0.2, -0.15) is 5.10 Å². The first-order valence-corrected chi connectivity index (χ1v) is 11.6. The zero-order valence-electron chi connectivity index (χ0n) is 18.3. The lowest BCUT2D eigenvalue weighted by atomic mass is 10.1. The molecule has 0 unspecified atom stereocenters. The standard InChI is InChI=1S/C22H25N5O4S/c1-22(2,3)27-13-15(11-25-27)14-5-6-19(31-4)20(9-14)32(29,30)26-16-10-17-18(24-12-16)7-8-23-21(17)28/h5-6,9-13,26H,7-8H2,1-4H3,(H,23,28). The van der Waals surface area contributed by atoms with Crippen LogP contribution in [0.3, 0.4) is 0 Å². The largest absolute Gasteiger partial charge is 0.495 e. The Morgan fingerprint density at radius 1 is 1.16 bits per heavy atom. The number of rotatable bonds is 5. The maximum Gasteiger partial charge on any atom is 0.265 e. The van der Waals surface area contributed by atoms with Crippen LogP contribution in [0.15, 0.2) is 47.8 Å². The van der Waals surface area contributed by atoms with Gasteiger partial charge < -0.3 is 10.1 Å². The summed E-state index contributed by atoms with van der Waals surface area (Å²) in [6.07, 6.45) is 5.59. The first-order chi connectivity index (χ1) is 15.1. The Morgan fingerprint density at radius 3 is 2.62 bits per heavy atom. The molecule has 0 saturated carbocycles. The lowest BCUT2D eigenvalue weighted by Gasteiger charge is -2.18. The number of carbonyl (C=O) groups excluding carboxylic acids is 1. The third-order valence-electron chi connectivity index (χ3n) is 5.17. The van der Waals surface area contributed by atoms with Crippen molar-refractivity contribution >= 4 is 21.6 Å². The van der Waals surface area contributed by atoms with Crippen molar-refractivity contribution in [3.63, 3.8) is 0 Å². The van der Waals surface area contributed by atoms with Crippen LogP contribution in [0.25, 0.3) is 11.1 Å². The van der Waals surface area contributed by atoms with Crippen LogP contribution in [0, 0.1) is 0 Å². The van der Waals surface area contributed by atoms with E-state index in [9.17, 15) is 13.2 Å². The molecule has 32 heavy (non-hydrogen) atoms. The van der Waals surface area contributed by atoms with Gasteiger partial charge in [0.1, 0.15) is 10.6 Å². The molecule has 10 heteroatoms. The van der Waals surface area contributed by atoms with Crippen molar-refractivity contribution in [1.29, 1.82) is 0 Å². The lowest BCUT2D eigenvalue weighted by molar-refractivity contribution is 0.0945. The molecular weight excluding hydrogens is 430 g/mol. The predicted molar refractivity (Wildman–Crippen MR) is 120 cm³/mol. The molecule has 0 fully saturated rings. The number of ether oxygens (including phenoxy) is 1.